The number of amides is 1. The Bertz CT molecular complexity index is 775. The lowest BCUT2D eigenvalue weighted by molar-refractivity contribution is -0.108. The fraction of sp³-hybridized carbons (Fsp3) is 0.222. The zero-order valence-electron chi connectivity index (χ0n) is 12.5. The van der Waals surface area contributed by atoms with E-state index in [2.05, 4.69) is 0 Å². The maximum Gasteiger partial charge on any atom is 0.254 e. The highest BCUT2D eigenvalue weighted by Crippen LogP contribution is 2.44. The number of rotatable bonds is 4. The third-order valence-electron chi connectivity index (χ3n) is 4.35. The Morgan fingerprint density at radius 2 is 1.91 bits per heavy atom. The first kappa shape index (κ1) is 16.0. The summed E-state index contributed by atoms with van der Waals surface area (Å²) in [6.45, 7) is 0. The molecule has 1 aliphatic rings. The van der Waals surface area contributed by atoms with Crippen molar-refractivity contribution in [3.05, 3.63) is 69.2 Å². The number of aldehydes is 1. The van der Waals surface area contributed by atoms with Gasteiger partial charge in [0, 0.05) is 24.9 Å². The summed E-state index contributed by atoms with van der Waals surface area (Å²) in [4.78, 5) is 25.4. The van der Waals surface area contributed by atoms with E-state index < -0.39 is 0 Å². The van der Waals surface area contributed by atoms with Crippen LogP contribution in [0.2, 0.25) is 10.0 Å². The van der Waals surface area contributed by atoms with Gasteiger partial charge < -0.3 is 9.69 Å². The smallest absolute Gasteiger partial charge is 0.254 e. The molecule has 23 heavy (non-hydrogen) atoms. The summed E-state index contributed by atoms with van der Waals surface area (Å²) in [5.41, 5.74) is 2.53. The van der Waals surface area contributed by atoms with Crippen LogP contribution in [0, 0.1) is 0 Å². The Kier molecular flexibility index (Phi) is 4.42. The minimum absolute atomic E-state index is 0.0263. The van der Waals surface area contributed by atoms with Gasteiger partial charge in [-0.3, -0.25) is 4.79 Å². The molecule has 0 aliphatic carbocycles. The van der Waals surface area contributed by atoms with Crippen LogP contribution in [0.25, 0.3) is 0 Å². The molecule has 3 nitrogen and oxygen atoms in total. The number of fused-ring (bicyclic) bond motifs is 1. The Labute approximate surface area is 144 Å². The first-order valence-electron chi connectivity index (χ1n) is 7.29. The number of carbonyl (C=O) groups is 2. The van der Waals surface area contributed by atoms with E-state index in [4.69, 9.17) is 23.2 Å². The van der Waals surface area contributed by atoms with Crippen molar-refractivity contribution < 1.29 is 9.59 Å². The van der Waals surface area contributed by atoms with Gasteiger partial charge in [-0.1, -0.05) is 47.5 Å². The third kappa shape index (κ3) is 2.75. The summed E-state index contributed by atoms with van der Waals surface area (Å²) in [5, 5.41) is 0.914. The van der Waals surface area contributed by atoms with Crippen molar-refractivity contribution in [2.24, 2.45) is 0 Å². The van der Waals surface area contributed by atoms with Crippen molar-refractivity contribution >= 4 is 35.4 Å². The van der Waals surface area contributed by atoms with Crippen molar-refractivity contribution in [3.8, 4) is 0 Å². The second kappa shape index (κ2) is 6.34. The van der Waals surface area contributed by atoms with Gasteiger partial charge in [0.25, 0.3) is 5.91 Å². The summed E-state index contributed by atoms with van der Waals surface area (Å²) in [7, 11) is 1.77. The van der Waals surface area contributed by atoms with Gasteiger partial charge in [0.05, 0.1) is 16.1 Å². The molecular formula is C18H15Cl2NO2. The molecule has 0 bridgehead atoms. The Balaban J connectivity index is 2.09. The number of hydrogen-bond acceptors (Lipinski definition) is 2. The van der Waals surface area contributed by atoms with Crippen molar-refractivity contribution in [2.75, 3.05) is 7.05 Å². The molecule has 0 saturated carbocycles. The molecule has 2 aromatic rings. The normalized spacial score (nSPS) is 18.0. The maximum atomic E-state index is 12.5. The summed E-state index contributed by atoms with van der Waals surface area (Å²) < 4.78 is 0. The predicted octanol–water partition coefficient (Wildman–Crippen LogP) is 4.49. The van der Waals surface area contributed by atoms with E-state index in [1.165, 1.54) is 0 Å². The lowest BCUT2D eigenvalue weighted by Gasteiger charge is -2.29. The summed E-state index contributed by atoms with van der Waals surface area (Å²) in [5.74, 6) is -0.193. The van der Waals surface area contributed by atoms with Gasteiger partial charge in [-0.2, -0.15) is 0 Å². The molecule has 0 saturated heterocycles. The number of nitrogens with zero attached hydrogens (tertiary/aromatic N) is 1. The largest absolute Gasteiger partial charge is 0.334 e. The van der Waals surface area contributed by atoms with E-state index in [-0.39, 0.29) is 17.9 Å². The van der Waals surface area contributed by atoms with E-state index in [1.54, 1.807) is 24.1 Å². The quantitative estimate of drug-likeness (QED) is 0.764. The average Bonchev–Trinajstić information content (AvgIpc) is 2.80. The van der Waals surface area contributed by atoms with Crippen LogP contribution in [0.3, 0.4) is 0 Å². The minimum atomic E-state index is -0.193. The zero-order valence-corrected chi connectivity index (χ0v) is 14.0. The topological polar surface area (TPSA) is 37.4 Å². The highest BCUT2D eigenvalue weighted by molar-refractivity contribution is 6.42. The molecule has 0 radical (unpaired) electrons. The van der Waals surface area contributed by atoms with E-state index in [9.17, 15) is 9.59 Å². The lowest BCUT2D eigenvalue weighted by atomic mass is 9.85. The van der Waals surface area contributed by atoms with Crippen LogP contribution in [0.5, 0.6) is 0 Å². The van der Waals surface area contributed by atoms with Gasteiger partial charge in [-0.15, -0.1) is 0 Å². The lowest BCUT2D eigenvalue weighted by Crippen LogP contribution is -2.28. The number of benzene rings is 2. The second-order valence-corrected chi connectivity index (χ2v) is 6.44. The summed E-state index contributed by atoms with van der Waals surface area (Å²) in [6.07, 6.45) is 1.18. The van der Waals surface area contributed by atoms with Crippen molar-refractivity contribution in [1.29, 1.82) is 0 Å². The third-order valence-corrected chi connectivity index (χ3v) is 5.09. The van der Waals surface area contributed by atoms with Gasteiger partial charge in [0.1, 0.15) is 6.29 Å². The van der Waals surface area contributed by atoms with Crippen LogP contribution in [-0.4, -0.2) is 24.1 Å². The van der Waals surface area contributed by atoms with Crippen LogP contribution in [0.1, 0.15) is 39.9 Å². The number of halogens is 2. The van der Waals surface area contributed by atoms with Gasteiger partial charge in [-0.05, 0) is 29.3 Å². The first-order valence-corrected chi connectivity index (χ1v) is 8.05. The fourth-order valence-corrected chi connectivity index (χ4v) is 3.56. The molecule has 2 atom stereocenters. The van der Waals surface area contributed by atoms with E-state index in [0.717, 1.165) is 17.4 Å². The highest BCUT2D eigenvalue weighted by atomic mass is 35.5. The van der Waals surface area contributed by atoms with Crippen LogP contribution in [0.15, 0.2) is 42.5 Å². The molecule has 3 rings (SSSR count). The Morgan fingerprint density at radius 3 is 2.61 bits per heavy atom. The van der Waals surface area contributed by atoms with Gasteiger partial charge >= 0.3 is 0 Å². The number of carbonyl (C=O) groups excluding carboxylic acids is 2. The molecule has 5 heteroatoms. The maximum absolute atomic E-state index is 12.5. The molecule has 0 unspecified atom stereocenters. The molecular weight excluding hydrogens is 333 g/mol. The molecule has 1 aliphatic heterocycles. The van der Waals surface area contributed by atoms with Crippen LogP contribution in [-0.2, 0) is 4.79 Å². The van der Waals surface area contributed by atoms with E-state index in [0.29, 0.717) is 22.0 Å². The SMILES string of the molecule is CN1C(=O)c2ccccc2[C@@H]1[C@H](CC=O)c1ccc(Cl)c(Cl)c1. The van der Waals surface area contributed by atoms with E-state index in [1.807, 2.05) is 30.3 Å². The Morgan fingerprint density at radius 1 is 1.17 bits per heavy atom. The molecule has 118 valence electrons. The van der Waals surface area contributed by atoms with Gasteiger partial charge in [0.15, 0.2) is 0 Å². The molecule has 0 N–H and O–H groups in total. The molecule has 0 aromatic heterocycles. The molecule has 1 amide bonds. The first-order chi connectivity index (χ1) is 11.0. The average molecular weight is 348 g/mol. The second-order valence-electron chi connectivity index (χ2n) is 5.63. The Hall–Kier alpha value is -1.84. The van der Waals surface area contributed by atoms with Crippen LogP contribution < -0.4 is 0 Å². The number of hydrogen-bond donors (Lipinski definition) is 0. The zero-order chi connectivity index (χ0) is 16.6. The molecule has 0 spiro atoms. The highest BCUT2D eigenvalue weighted by Gasteiger charge is 2.39. The van der Waals surface area contributed by atoms with Crippen LogP contribution >= 0.6 is 23.2 Å². The molecule has 2 aromatic carbocycles. The monoisotopic (exact) mass is 347 g/mol. The fourth-order valence-electron chi connectivity index (χ4n) is 3.26. The summed E-state index contributed by atoms with van der Waals surface area (Å²) >= 11 is 12.1. The van der Waals surface area contributed by atoms with E-state index >= 15 is 0 Å². The van der Waals surface area contributed by atoms with Crippen LogP contribution in [0.4, 0.5) is 0 Å². The standard InChI is InChI=1S/C18H15Cl2NO2/c1-21-17(13-4-2-3-5-14(13)18(21)23)12(8-9-22)11-6-7-15(19)16(20)10-11/h2-7,9-10,12,17H,8H2,1H3/t12-,17+/m1/s1. The van der Waals surface area contributed by atoms with Crippen molar-refractivity contribution in [2.45, 2.75) is 18.4 Å². The number of likely N-dealkylation sites (N-methyl/N-ethyl adjacent to an activating group) is 1. The molecule has 0 fully saturated rings. The van der Waals surface area contributed by atoms with Gasteiger partial charge in [-0.25, -0.2) is 0 Å². The van der Waals surface area contributed by atoms with Crippen molar-refractivity contribution in [3.63, 3.8) is 0 Å². The minimum Gasteiger partial charge on any atom is -0.334 e. The van der Waals surface area contributed by atoms with Crippen molar-refractivity contribution in [1.82, 2.24) is 4.90 Å². The van der Waals surface area contributed by atoms with Gasteiger partial charge in [0.2, 0.25) is 0 Å². The predicted molar refractivity (Wildman–Crippen MR) is 91.2 cm³/mol. The molecule has 1 heterocycles. The summed E-state index contributed by atoms with van der Waals surface area (Å²) in [6, 6.07) is 12.7.